The summed E-state index contributed by atoms with van der Waals surface area (Å²) >= 11 is 0. The predicted molar refractivity (Wildman–Crippen MR) is 52.0 cm³/mol. The Balaban J connectivity index is 2.46. The molecule has 12 heavy (non-hydrogen) atoms. The summed E-state index contributed by atoms with van der Waals surface area (Å²) in [5.74, 6) is 1.08. The first-order valence-corrected chi connectivity index (χ1v) is 5.02. The average Bonchev–Trinajstić information content (AvgIpc) is 2.07. The maximum Gasteiger partial charge on any atom is 0.0498 e. The summed E-state index contributed by atoms with van der Waals surface area (Å²) in [6.45, 7) is 6.27. The quantitative estimate of drug-likeness (QED) is 0.642. The van der Waals surface area contributed by atoms with Crippen LogP contribution in [-0.2, 0) is 0 Å². The van der Waals surface area contributed by atoms with Gasteiger partial charge in [0.2, 0.25) is 0 Å². The van der Waals surface area contributed by atoms with Crippen molar-refractivity contribution in [2.75, 3.05) is 6.61 Å². The fourth-order valence-electron chi connectivity index (χ4n) is 2.24. The molecule has 0 aliphatic heterocycles. The minimum absolute atomic E-state index is 0.292. The molecule has 0 spiro atoms. The second-order valence-electron chi connectivity index (χ2n) is 4.03. The number of rotatable bonds is 3. The van der Waals surface area contributed by atoms with Crippen LogP contribution in [0.4, 0.5) is 0 Å². The van der Waals surface area contributed by atoms with Gasteiger partial charge in [0.05, 0.1) is 0 Å². The highest BCUT2D eigenvalue weighted by atomic mass is 16.3. The van der Waals surface area contributed by atoms with E-state index in [-0.39, 0.29) is 0 Å². The third kappa shape index (κ3) is 2.34. The summed E-state index contributed by atoms with van der Waals surface area (Å²) in [4.78, 5) is 0. The molecule has 1 heteroatoms. The summed E-state index contributed by atoms with van der Waals surface area (Å²) < 4.78 is 0. The molecule has 0 radical (unpaired) electrons. The zero-order chi connectivity index (χ0) is 8.97. The SMILES string of the molecule is C=C(C)[C@@H](CO)C1CCCCC1. The van der Waals surface area contributed by atoms with Crippen LogP contribution in [0.15, 0.2) is 12.2 Å². The van der Waals surface area contributed by atoms with Crippen LogP contribution in [0, 0.1) is 11.8 Å². The van der Waals surface area contributed by atoms with Gasteiger partial charge in [-0.2, -0.15) is 0 Å². The van der Waals surface area contributed by atoms with E-state index in [1.807, 2.05) is 6.92 Å². The van der Waals surface area contributed by atoms with Crippen LogP contribution in [0.25, 0.3) is 0 Å². The van der Waals surface area contributed by atoms with E-state index in [2.05, 4.69) is 6.58 Å². The number of aliphatic hydroxyl groups is 1. The zero-order valence-corrected chi connectivity index (χ0v) is 8.05. The van der Waals surface area contributed by atoms with E-state index in [4.69, 9.17) is 0 Å². The molecule has 1 rings (SSSR count). The second-order valence-corrected chi connectivity index (χ2v) is 4.03. The Kier molecular flexibility index (Phi) is 3.80. The van der Waals surface area contributed by atoms with E-state index >= 15 is 0 Å². The Labute approximate surface area is 75.5 Å². The number of hydrogen-bond acceptors (Lipinski definition) is 1. The minimum Gasteiger partial charge on any atom is -0.396 e. The van der Waals surface area contributed by atoms with Gasteiger partial charge in [-0.05, 0) is 25.7 Å². The maximum atomic E-state index is 9.19. The molecule has 0 aromatic rings. The molecule has 1 nitrogen and oxygen atoms in total. The third-order valence-corrected chi connectivity index (χ3v) is 3.05. The topological polar surface area (TPSA) is 20.2 Å². The van der Waals surface area contributed by atoms with Crippen LogP contribution in [-0.4, -0.2) is 11.7 Å². The molecule has 1 N–H and O–H groups in total. The van der Waals surface area contributed by atoms with Crippen molar-refractivity contribution in [2.45, 2.75) is 39.0 Å². The van der Waals surface area contributed by atoms with E-state index in [1.165, 1.54) is 32.1 Å². The highest BCUT2D eigenvalue weighted by Crippen LogP contribution is 2.32. The summed E-state index contributed by atoms with van der Waals surface area (Å²) in [5, 5.41) is 9.19. The first-order chi connectivity index (χ1) is 5.75. The minimum atomic E-state index is 0.292. The van der Waals surface area contributed by atoms with E-state index in [0.717, 1.165) is 5.57 Å². The van der Waals surface area contributed by atoms with Gasteiger partial charge in [0.15, 0.2) is 0 Å². The lowest BCUT2D eigenvalue weighted by atomic mass is 9.78. The molecule has 0 aromatic heterocycles. The van der Waals surface area contributed by atoms with Crippen LogP contribution in [0.3, 0.4) is 0 Å². The lowest BCUT2D eigenvalue weighted by Gasteiger charge is -2.29. The molecule has 0 heterocycles. The maximum absolute atomic E-state index is 9.19. The molecule has 1 fully saturated rings. The average molecular weight is 168 g/mol. The smallest absolute Gasteiger partial charge is 0.0498 e. The Morgan fingerprint density at radius 2 is 2.00 bits per heavy atom. The van der Waals surface area contributed by atoms with Gasteiger partial charge in [-0.15, -0.1) is 0 Å². The van der Waals surface area contributed by atoms with E-state index in [1.54, 1.807) is 0 Å². The molecule has 0 saturated heterocycles. The molecule has 0 amide bonds. The second kappa shape index (κ2) is 4.66. The first kappa shape index (κ1) is 9.79. The van der Waals surface area contributed by atoms with Crippen LogP contribution < -0.4 is 0 Å². The van der Waals surface area contributed by atoms with Crippen molar-refractivity contribution in [3.05, 3.63) is 12.2 Å². The largest absolute Gasteiger partial charge is 0.396 e. The van der Waals surface area contributed by atoms with Gasteiger partial charge in [-0.25, -0.2) is 0 Å². The highest BCUT2D eigenvalue weighted by Gasteiger charge is 2.22. The Morgan fingerprint density at radius 1 is 1.42 bits per heavy atom. The van der Waals surface area contributed by atoms with Crippen LogP contribution in [0.5, 0.6) is 0 Å². The van der Waals surface area contributed by atoms with Crippen LogP contribution >= 0.6 is 0 Å². The molecule has 70 valence electrons. The van der Waals surface area contributed by atoms with Gasteiger partial charge >= 0.3 is 0 Å². The van der Waals surface area contributed by atoms with Crippen molar-refractivity contribution in [3.8, 4) is 0 Å². The Hall–Kier alpha value is -0.300. The number of aliphatic hydroxyl groups excluding tert-OH is 1. The lowest BCUT2D eigenvalue weighted by molar-refractivity contribution is 0.172. The van der Waals surface area contributed by atoms with Crippen LogP contribution in [0.2, 0.25) is 0 Å². The van der Waals surface area contributed by atoms with E-state index in [9.17, 15) is 5.11 Å². The molecule has 0 bridgehead atoms. The zero-order valence-electron chi connectivity index (χ0n) is 8.05. The molecular formula is C11H20O. The standard InChI is InChI=1S/C11H20O/c1-9(2)11(8-12)10-6-4-3-5-7-10/h10-12H,1,3-8H2,2H3/t11-/m1/s1. The number of hydrogen-bond donors (Lipinski definition) is 1. The van der Waals surface area contributed by atoms with Gasteiger partial charge in [0, 0.05) is 12.5 Å². The van der Waals surface area contributed by atoms with Gasteiger partial charge in [0.1, 0.15) is 0 Å². The summed E-state index contributed by atoms with van der Waals surface area (Å²) in [5.41, 5.74) is 1.16. The third-order valence-electron chi connectivity index (χ3n) is 3.05. The molecule has 1 saturated carbocycles. The van der Waals surface area contributed by atoms with Crippen molar-refractivity contribution in [3.63, 3.8) is 0 Å². The molecule has 1 aliphatic carbocycles. The monoisotopic (exact) mass is 168 g/mol. The lowest BCUT2D eigenvalue weighted by Crippen LogP contribution is -2.21. The van der Waals surface area contributed by atoms with E-state index < -0.39 is 0 Å². The van der Waals surface area contributed by atoms with Crippen molar-refractivity contribution in [1.29, 1.82) is 0 Å². The van der Waals surface area contributed by atoms with Crippen molar-refractivity contribution < 1.29 is 5.11 Å². The van der Waals surface area contributed by atoms with Crippen molar-refractivity contribution in [2.24, 2.45) is 11.8 Å². The van der Waals surface area contributed by atoms with Gasteiger partial charge in [-0.3, -0.25) is 0 Å². The normalized spacial score (nSPS) is 22.2. The van der Waals surface area contributed by atoms with Gasteiger partial charge < -0.3 is 5.11 Å². The molecule has 0 aromatic carbocycles. The van der Waals surface area contributed by atoms with Crippen LogP contribution in [0.1, 0.15) is 39.0 Å². The summed E-state index contributed by atoms with van der Waals surface area (Å²) in [6.07, 6.45) is 6.64. The first-order valence-electron chi connectivity index (χ1n) is 5.02. The van der Waals surface area contributed by atoms with E-state index in [0.29, 0.717) is 18.4 Å². The van der Waals surface area contributed by atoms with Crippen molar-refractivity contribution >= 4 is 0 Å². The Morgan fingerprint density at radius 3 is 2.42 bits per heavy atom. The fraction of sp³-hybridized carbons (Fsp3) is 0.818. The molecule has 0 unspecified atom stereocenters. The molecule has 1 atom stereocenters. The highest BCUT2D eigenvalue weighted by molar-refractivity contribution is 4.99. The molecule has 1 aliphatic rings. The van der Waals surface area contributed by atoms with Crippen molar-refractivity contribution in [1.82, 2.24) is 0 Å². The fourth-order valence-corrected chi connectivity index (χ4v) is 2.24. The predicted octanol–water partition coefficient (Wildman–Crippen LogP) is 2.75. The summed E-state index contributed by atoms with van der Waals surface area (Å²) in [7, 11) is 0. The Bertz CT molecular complexity index is 145. The molecular weight excluding hydrogens is 148 g/mol. The van der Waals surface area contributed by atoms with Gasteiger partial charge in [-0.1, -0.05) is 31.4 Å². The van der Waals surface area contributed by atoms with Gasteiger partial charge in [0.25, 0.3) is 0 Å². The summed E-state index contributed by atoms with van der Waals surface area (Å²) in [6, 6.07) is 0.